The van der Waals surface area contributed by atoms with Gasteiger partial charge in [0.1, 0.15) is 11.3 Å². The van der Waals surface area contributed by atoms with Gasteiger partial charge >= 0.3 is 0 Å². The molecule has 1 saturated heterocycles. The fourth-order valence-corrected chi connectivity index (χ4v) is 4.23. The quantitative estimate of drug-likeness (QED) is 0.593. The number of likely N-dealkylation sites (N-methyl/N-ethyl adjacent to an activating group) is 1. The molecule has 2 heterocycles. The first kappa shape index (κ1) is 24.6. The average Bonchev–Trinajstić information content (AvgIpc) is 2.78. The lowest BCUT2D eigenvalue weighted by molar-refractivity contribution is 0.102. The summed E-state index contributed by atoms with van der Waals surface area (Å²) in [5.41, 5.74) is 1.46. The van der Waals surface area contributed by atoms with E-state index in [-0.39, 0.29) is 29.6 Å². The van der Waals surface area contributed by atoms with Gasteiger partial charge in [-0.2, -0.15) is 0 Å². The van der Waals surface area contributed by atoms with Crippen LogP contribution in [0.25, 0.3) is 10.9 Å². The number of carbonyl (C=O) groups is 1. The Bertz CT molecular complexity index is 1200. The van der Waals surface area contributed by atoms with Crippen molar-refractivity contribution < 1.29 is 9.90 Å². The smallest absolute Gasteiger partial charge is 0.267 e. The average molecular weight is 471 g/mol. The number of carbonyl (C=O) groups excluding carboxylic acids is 1. The second-order valence-electron chi connectivity index (χ2n) is 8.81. The van der Waals surface area contributed by atoms with Crippen molar-refractivity contribution in [2.24, 2.45) is 5.92 Å². The maximum Gasteiger partial charge on any atom is 0.267 e. The topological polar surface area (TPSA) is 77.8 Å². The molecule has 2 N–H and O–H groups in total. The number of piperazine rings is 1. The maximum atomic E-state index is 13.3. The zero-order chi connectivity index (χ0) is 22.8. The highest BCUT2D eigenvalue weighted by molar-refractivity contribution is 6.10. The van der Waals surface area contributed by atoms with Crippen LogP contribution in [0.1, 0.15) is 24.2 Å². The molecule has 2 aromatic carbocycles. The minimum atomic E-state index is -0.600. The summed E-state index contributed by atoms with van der Waals surface area (Å²) in [6.07, 6.45) is 0. The van der Waals surface area contributed by atoms with E-state index in [1.807, 2.05) is 44.2 Å². The SMILES string of the molecule is CC(C)Cn1c(=O)c(C(=O)Nc2ccccc2N2CCN(C)CC2)c(O)c2ccccc21.Cl. The predicted octanol–water partition coefficient (Wildman–Crippen LogP) is 3.79. The molecule has 176 valence electrons. The van der Waals surface area contributed by atoms with Gasteiger partial charge in [-0.15, -0.1) is 12.4 Å². The van der Waals surface area contributed by atoms with Gasteiger partial charge in [0, 0.05) is 38.1 Å². The number of halogens is 1. The Morgan fingerprint density at radius 2 is 1.67 bits per heavy atom. The number of fused-ring (bicyclic) bond motifs is 1. The van der Waals surface area contributed by atoms with Crippen LogP contribution in [0.2, 0.25) is 0 Å². The van der Waals surface area contributed by atoms with Gasteiger partial charge in [0.05, 0.1) is 16.9 Å². The van der Waals surface area contributed by atoms with E-state index in [1.165, 1.54) is 0 Å². The lowest BCUT2D eigenvalue weighted by Crippen LogP contribution is -2.44. The van der Waals surface area contributed by atoms with E-state index in [4.69, 9.17) is 0 Å². The Morgan fingerprint density at radius 3 is 2.36 bits per heavy atom. The Morgan fingerprint density at radius 1 is 1.03 bits per heavy atom. The van der Waals surface area contributed by atoms with E-state index in [2.05, 4.69) is 22.2 Å². The molecular formula is C25H31ClN4O3. The third kappa shape index (κ3) is 4.99. The first-order valence-electron chi connectivity index (χ1n) is 11.0. The zero-order valence-corrected chi connectivity index (χ0v) is 20.1. The maximum absolute atomic E-state index is 13.3. The van der Waals surface area contributed by atoms with Crippen molar-refractivity contribution in [3.8, 4) is 5.75 Å². The number of aromatic hydroxyl groups is 1. The number of pyridine rings is 1. The molecule has 1 aliphatic heterocycles. The van der Waals surface area contributed by atoms with Crippen LogP contribution in [0.15, 0.2) is 53.3 Å². The molecule has 0 spiro atoms. The summed E-state index contributed by atoms with van der Waals surface area (Å²) >= 11 is 0. The monoisotopic (exact) mass is 470 g/mol. The van der Waals surface area contributed by atoms with E-state index in [0.29, 0.717) is 23.1 Å². The van der Waals surface area contributed by atoms with Crippen LogP contribution in [-0.4, -0.2) is 53.7 Å². The van der Waals surface area contributed by atoms with Gasteiger partial charge < -0.3 is 24.8 Å². The fraction of sp³-hybridized carbons (Fsp3) is 0.360. The molecule has 0 saturated carbocycles. The van der Waals surface area contributed by atoms with Crippen molar-refractivity contribution in [3.05, 3.63) is 64.4 Å². The van der Waals surface area contributed by atoms with Crippen LogP contribution in [0, 0.1) is 5.92 Å². The van der Waals surface area contributed by atoms with Crippen molar-refractivity contribution in [3.63, 3.8) is 0 Å². The molecule has 1 aromatic heterocycles. The number of hydrogen-bond donors (Lipinski definition) is 2. The summed E-state index contributed by atoms with van der Waals surface area (Å²) < 4.78 is 1.58. The highest BCUT2D eigenvalue weighted by atomic mass is 35.5. The van der Waals surface area contributed by atoms with E-state index < -0.39 is 11.5 Å². The molecule has 0 radical (unpaired) electrons. The highest BCUT2D eigenvalue weighted by Crippen LogP contribution is 2.30. The molecule has 0 bridgehead atoms. The van der Waals surface area contributed by atoms with Crippen molar-refractivity contribution in [1.82, 2.24) is 9.47 Å². The second-order valence-corrected chi connectivity index (χ2v) is 8.81. The lowest BCUT2D eigenvalue weighted by Gasteiger charge is -2.35. The van der Waals surface area contributed by atoms with Gasteiger partial charge in [-0.1, -0.05) is 38.1 Å². The van der Waals surface area contributed by atoms with Crippen molar-refractivity contribution >= 4 is 40.6 Å². The Kier molecular flexibility index (Phi) is 7.66. The number of rotatable bonds is 5. The van der Waals surface area contributed by atoms with Crippen LogP contribution < -0.4 is 15.8 Å². The number of hydrogen-bond acceptors (Lipinski definition) is 5. The molecule has 0 aliphatic carbocycles. The van der Waals surface area contributed by atoms with Crippen LogP contribution in [0.3, 0.4) is 0 Å². The Labute approximate surface area is 200 Å². The summed E-state index contributed by atoms with van der Waals surface area (Å²) in [6.45, 7) is 8.07. The minimum Gasteiger partial charge on any atom is -0.506 e. The van der Waals surface area contributed by atoms with Crippen molar-refractivity contribution in [2.75, 3.05) is 43.4 Å². The van der Waals surface area contributed by atoms with Gasteiger partial charge in [0.25, 0.3) is 11.5 Å². The fourth-order valence-electron chi connectivity index (χ4n) is 4.23. The molecule has 33 heavy (non-hydrogen) atoms. The van der Waals surface area contributed by atoms with Gasteiger partial charge in [0.2, 0.25) is 0 Å². The third-order valence-corrected chi connectivity index (χ3v) is 5.92. The van der Waals surface area contributed by atoms with E-state index in [0.717, 1.165) is 31.9 Å². The Hall–Kier alpha value is -3.03. The summed E-state index contributed by atoms with van der Waals surface area (Å²) in [5.74, 6) is -0.674. The number of para-hydroxylation sites is 3. The molecule has 0 unspecified atom stereocenters. The van der Waals surface area contributed by atoms with Gasteiger partial charge in [0.15, 0.2) is 0 Å². The predicted molar refractivity (Wildman–Crippen MR) is 136 cm³/mol. The summed E-state index contributed by atoms with van der Waals surface area (Å²) in [7, 11) is 2.09. The first-order valence-corrected chi connectivity index (χ1v) is 11.0. The Balaban J connectivity index is 0.00000306. The summed E-state index contributed by atoms with van der Waals surface area (Å²) in [6, 6.07) is 14.7. The molecule has 7 nitrogen and oxygen atoms in total. The number of nitrogens with one attached hydrogen (secondary N) is 1. The standard InChI is InChI=1S/C25H30N4O3.ClH/c1-17(2)16-29-20-10-6-4-8-18(20)23(30)22(25(29)32)24(31)26-19-9-5-7-11-21(19)28-14-12-27(3)13-15-28;/h4-11,17,30H,12-16H2,1-3H3,(H,26,31);1H. The number of aromatic nitrogens is 1. The highest BCUT2D eigenvalue weighted by Gasteiger charge is 2.24. The van der Waals surface area contributed by atoms with Crippen molar-refractivity contribution in [2.45, 2.75) is 20.4 Å². The molecule has 1 aliphatic rings. The van der Waals surface area contributed by atoms with E-state index in [9.17, 15) is 14.7 Å². The van der Waals surface area contributed by atoms with Crippen LogP contribution >= 0.6 is 12.4 Å². The molecule has 1 fully saturated rings. The van der Waals surface area contributed by atoms with Crippen LogP contribution in [0.4, 0.5) is 11.4 Å². The summed E-state index contributed by atoms with van der Waals surface area (Å²) in [4.78, 5) is 31.1. The molecule has 8 heteroatoms. The molecule has 3 aromatic rings. The first-order chi connectivity index (χ1) is 15.4. The zero-order valence-electron chi connectivity index (χ0n) is 19.2. The van der Waals surface area contributed by atoms with Crippen molar-refractivity contribution in [1.29, 1.82) is 0 Å². The minimum absolute atomic E-state index is 0. The normalized spacial score (nSPS) is 14.4. The third-order valence-electron chi connectivity index (χ3n) is 5.92. The molecular weight excluding hydrogens is 440 g/mol. The summed E-state index contributed by atoms with van der Waals surface area (Å²) in [5, 5.41) is 14.3. The van der Waals surface area contributed by atoms with E-state index >= 15 is 0 Å². The van der Waals surface area contributed by atoms with E-state index in [1.54, 1.807) is 22.8 Å². The van der Waals surface area contributed by atoms with Crippen LogP contribution in [0.5, 0.6) is 5.75 Å². The van der Waals surface area contributed by atoms with Crippen LogP contribution in [-0.2, 0) is 6.54 Å². The molecule has 1 amide bonds. The second kappa shape index (κ2) is 10.3. The number of amides is 1. The molecule has 4 rings (SSSR count). The lowest BCUT2D eigenvalue weighted by atomic mass is 10.1. The van der Waals surface area contributed by atoms with Gasteiger partial charge in [-0.05, 0) is 37.2 Å². The van der Waals surface area contributed by atoms with Gasteiger partial charge in [-0.3, -0.25) is 9.59 Å². The number of nitrogens with zero attached hydrogens (tertiary/aromatic N) is 3. The number of benzene rings is 2. The molecule has 0 atom stereocenters. The van der Waals surface area contributed by atoms with Gasteiger partial charge in [-0.25, -0.2) is 0 Å². The number of anilines is 2. The largest absolute Gasteiger partial charge is 0.506 e.